The molecule has 0 spiro atoms. The zero-order valence-electron chi connectivity index (χ0n) is 17.5. The topological polar surface area (TPSA) is 82.6 Å². The van der Waals surface area contributed by atoms with Gasteiger partial charge in [-0.3, -0.25) is 9.52 Å². The smallest absolute Gasteiger partial charge is 0.263 e. The molecular weight excluding hydrogens is 444 g/mol. The van der Waals surface area contributed by atoms with E-state index >= 15 is 0 Å². The molecule has 3 heterocycles. The summed E-state index contributed by atoms with van der Waals surface area (Å²) in [5.74, 6) is 0.127. The van der Waals surface area contributed by atoms with Crippen LogP contribution in [0.1, 0.15) is 18.4 Å². The van der Waals surface area contributed by atoms with E-state index in [2.05, 4.69) is 20.7 Å². The highest BCUT2D eigenvalue weighted by molar-refractivity contribution is 7.93. The second-order valence-corrected chi connectivity index (χ2v) is 10.7. The molecule has 5 rings (SSSR count). The molecule has 32 heavy (non-hydrogen) atoms. The standard InChI is InChI=1S/C23H24N4O3S2/c28-22(27-13-3-5-17-4-1-2-6-21(17)27)18-11-14-26(16-18)19-7-9-20(10-8-19)32(29,30)25-23-24-12-15-31-23/h1-2,4,6-10,12,15,18H,3,5,11,13-14,16H2,(H,24,25). The Morgan fingerprint density at radius 1 is 1.09 bits per heavy atom. The number of aryl methyl sites for hydroxylation is 1. The van der Waals surface area contributed by atoms with Gasteiger partial charge in [0.25, 0.3) is 10.0 Å². The normalized spacial score (nSPS) is 18.4. The van der Waals surface area contributed by atoms with Crippen molar-refractivity contribution in [3.63, 3.8) is 0 Å². The van der Waals surface area contributed by atoms with Gasteiger partial charge in [0.05, 0.1) is 10.8 Å². The van der Waals surface area contributed by atoms with E-state index in [1.165, 1.54) is 16.9 Å². The van der Waals surface area contributed by atoms with Gasteiger partial charge >= 0.3 is 0 Å². The fourth-order valence-electron chi connectivity index (χ4n) is 4.46. The lowest BCUT2D eigenvalue weighted by molar-refractivity contribution is -0.121. The first-order valence-corrected chi connectivity index (χ1v) is 13.0. The summed E-state index contributed by atoms with van der Waals surface area (Å²) in [5, 5.41) is 2.06. The molecule has 1 saturated heterocycles. The van der Waals surface area contributed by atoms with Crippen molar-refractivity contribution in [2.75, 3.05) is 34.2 Å². The number of benzene rings is 2. The predicted octanol–water partition coefficient (Wildman–Crippen LogP) is 3.75. The molecule has 7 nitrogen and oxygen atoms in total. The lowest BCUT2D eigenvalue weighted by atomic mass is 9.99. The molecule has 1 N–H and O–H groups in total. The first kappa shape index (κ1) is 21.0. The number of hydrogen-bond acceptors (Lipinski definition) is 6. The Morgan fingerprint density at radius 3 is 2.69 bits per heavy atom. The molecule has 166 valence electrons. The van der Waals surface area contributed by atoms with E-state index in [1.54, 1.807) is 35.8 Å². The van der Waals surface area contributed by atoms with Crippen LogP contribution >= 0.6 is 11.3 Å². The van der Waals surface area contributed by atoms with Gasteiger partial charge in [0.2, 0.25) is 5.91 Å². The fourth-order valence-corrected chi connectivity index (χ4v) is 6.25. The maximum absolute atomic E-state index is 13.3. The number of carbonyl (C=O) groups is 1. The zero-order chi connectivity index (χ0) is 22.1. The predicted molar refractivity (Wildman–Crippen MR) is 127 cm³/mol. The molecule has 3 aromatic rings. The number of nitrogens with zero attached hydrogens (tertiary/aromatic N) is 3. The molecule has 2 aliphatic rings. The highest BCUT2D eigenvalue weighted by Gasteiger charge is 2.33. The summed E-state index contributed by atoms with van der Waals surface area (Å²) in [5.41, 5.74) is 3.21. The van der Waals surface area contributed by atoms with Crippen LogP contribution in [-0.2, 0) is 21.2 Å². The van der Waals surface area contributed by atoms with Crippen LogP contribution in [0.15, 0.2) is 65.0 Å². The Labute approximate surface area is 191 Å². The van der Waals surface area contributed by atoms with Crippen molar-refractivity contribution in [2.24, 2.45) is 5.92 Å². The maximum atomic E-state index is 13.3. The summed E-state index contributed by atoms with van der Waals surface area (Å²) < 4.78 is 27.6. The number of aromatic nitrogens is 1. The summed E-state index contributed by atoms with van der Waals surface area (Å²) in [7, 11) is -3.67. The van der Waals surface area contributed by atoms with Crippen LogP contribution in [-0.4, -0.2) is 38.9 Å². The number of nitrogens with one attached hydrogen (secondary N) is 1. The number of sulfonamides is 1. The lowest BCUT2D eigenvalue weighted by Gasteiger charge is -2.31. The van der Waals surface area contributed by atoms with Crippen LogP contribution in [0.2, 0.25) is 0 Å². The Kier molecular flexibility index (Phi) is 5.60. The number of amides is 1. The second kappa shape index (κ2) is 8.55. The number of fused-ring (bicyclic) bond motifs is 1. The van der Waals surface area contributed by atoms with Crippen molar-refractivity contribution in [3.05, 3.63) is 65.7 Å². The molecule has 1 atom stereocenters. The van der Waals surface area contributed by atoms with E-state index in [4.69, 9.17) is 0 Å². The molecule has 0 radical (unpaired) electrons. The molecule has 0 aliphatic carbocycles. The lowest BCUT2D eigenvalue weighted by Crippen LogP contribution is -2.40. The summed E-state index contributed by atoms with van der Waals surface area (Å²) >= 11 is 1.23. The Morgan fingerprint density at radius 2 is 1.91 bits per heavy atom. The van der Waals surface area contributed by atoms with Gasteiger partial charge in [0, 0.05) is 42.6 Å². The first-order valence-electron chi connectivity index (χ1n) is 10.7. The van der Waals surface area contributed by atoms with Gasteiger partial charge < -0.3 is 9.80 Å². The number of rotatable bonds is 5. The van der Waals surface area contributed by atoms with Crippen molar-refractivity contribution < 1.29 is 13.2 Å². The van der Waals surface area contributed by atoms with Gasteiger partial charge in [-0.1, -0.05) is 18.2 Å². The van der Waals surface area contributed by atoms with Gasteiger partial charge in [0.15, 0.2) is 5.13 Å². The second-order valence-electron chi connectivity index (χ2n) is 8.09. The molecule has 1 aromatic heterocycles. The van der Waals surface area contributed by atoms with E-state index in [-0.39, 0.29) is 16.7 Å². The van der Waals surface area contributed by atoms with Gasteiger partial charge in [-0.05, 0) is 55.2 Å². The van der Waals surface area contributed by atoms with Crippen LogP contribution in [0.3, 0.4) is 0 Å². The highest BCUT2D eigenvalue weighted by Crippen LogP contribution is 2.32. The molecule has 0 saturated carbocycles. The zero-order valence-corrected chi connectivity index (χ0v) is 19.1. The summed E-state index contributed by atoms with van der Waals surface area (Å²) in [6.07, 6.45) is 4.36. The van der Waals surface area contributed by atoms with E-state index in [1.807, 2.05) is 23.1 Å². The minimum Gasteiger partial charge on any atom is -0.371 e. The Bertz CT molecular complexity index is 1210. The molecule has 2 aliphatic heterocycles. The average molecular weight is 469 g/mol. The number of anilines is 3. The van der Waals surface area contributed by atoms with Crippen molar-refractivity contribution in [1.82, 2.24) is 4.98 Å². The number of carbonyl (C=O) groups excluding carboxylic acids is 1. The number of hydrogen-bond donors (Lipinski definition) is 1. The largest absolute Gasteiger partial charge is 0.371 e. The van der Waals surface area contributed by atoms with Crippen molar-refractivity contribution in [1.29, 1.82) is 0 Å². The summed E-state index contributed by atoms with van der Waals surface area (Å²) in [4.78, 5) is 21.5. The summed E-state index contributed by atoms with van der Waals surface area (Å²) in [6.45, 7) is 2.18. The van der Waals surface area contributed by atoms with E-state index in [0.717, 1.165) is 43.7 Å². The monoisotopic (exact) mass is 468 g/mol. The molecule has 1 unspecified atom stereocenters. The Hall–Kier alpha value is -2.91. The van der Waals surface area contributed by atoms with Gasteiger partial charge in [-0.25, -0.2) is 13.4 Å². The Balaban J connectivity index is 1.26. The van der Waals surface area contributed by atoms with Crippen LogP contribution in [0.4, 0.5) is 16.5 Å². The van der Waals surface area contributed by atoms with Crippen molar-refractivity contribution in [3.8, 4) is 0 Å². The van der Waals surface area contributed by atoms with E-state index in [9.17, 15) is 13.2 Å². The molecule has 2 aromatic carbocycles. The minimum atomic E-state index is -3.67. The third kappa shape index (κ3) is 4.10. The fraction of sp³-hybridized carbons (Fsp3) is 0.304. The molecule has 9 heteroatoms. The van der Waals surface area contributed by atoms with Gasteiger partial charge in [-0.2, -0.15) is 0 Å². The van der Waals surface area contributed by atoms with Gasteiger partial charge in [0.1, 0.15) is 0 Å². The third-order valence-corrected chi connectivity index (χ3v) is 8.25. The molecular formula is C23H24N4O3S2. The van der Waals surface area contributed by atoms with Crippen molar-refractivity contribution in [2.45, 2.75) is 24.2 Å². The van der Waals surface area contributed by atoms with Crippen LogP contribution in [0, 0.1) is 5.92 Å². The van der Waals surface area contributed by atoms with E-state index < -0.39 is 10.0 Å². The quantitative estimate of drug-likeness (QED) is 0.617. The summed E-state index contributed by atoms with van der Waals surface area (Å²) in [6, 6.07) is 15.0. The van der Waals surface area contributed by atoms with Gasteiger partial charge in [-0.15, -0.1) is 11.3 Å². The average Bonchev–Trinajstić information content (AvgIpc) is 3.50. The maximum Gasteiger partial charge on any atom is 0.263 e. The first-order chi connectivity index (χ1) is 15.5. The minimum absolute atomic E-state index is 0.0591. The van der Waals surface area contributed by atoms with E-state index in [0.29, 0.717) is 11.7 Å². The SMILES string of the molecule is O=C(C1CCN(c2ccc(S(=O)(=O)Nc3nccs3)cc2)C1)N1CCCc2ccccc21. The molecule has 0 bridgehead atoms. The third-order valence-electron chi connectivity index (χ3n) is 6.08. The molecule has 1 fully saturated rings. The number of thiazole rings is 1. The van der Waals surface area contributed by atoms with Crippen LogP contribution in [0.5, 0.6) is 0 Å². The highest BCUT2D eigenvalue weighted by atomic mass is 32.2. The molecule has 1 amide bonds. The van der Waals surface area contributed by atoms with Crippen molar-refractivity contribution >= 4 is 43.8 Å². The van der Waals surface area contributed by atoms with Crippen LogP contribution in [0.25, 0.3) is 0 Å². The van der Waals surface area contributed by atoms with Crippen LogP contribution < -0.4 is 14.5 Å². The number of para-hydroxylation sites is 1.